The molecular formula is C7H13O2Si. The van der Waals surface area contributed by atoms with E-state index in [2.05, 4.69) is 10.2 Å². The fraction of sp³-hybridized carbons (Fsp3) is 1.00. The van der Waals surface area contributed by atoms with Crippen LogP contribution >= 0.6 is 0 Å². The Morgan fingerprint density at radius 2 is 2.30 bits per heavy atom. The van der Waals surface area contributed by atoms with Gasteiger partial charge in [-0.3, -0.25) is 0 Å². The molecule has 57 valence electrons. The van der Waals surface area contributed by atoms with Gasteiger partial charge in [-0.25, -0.2) is 0 Å². The Hall–Kier alpha value is 0.137. The van der Waals surface area contributed by atoms with E-state index in [4.69, 9.17) is 9.47 Å². The Kier molecular flexibility index (Phi) is 4.02. The maximum absolute atomic E-state index is 5.37. The highest BCUT2D eigenvalue weighted by Crippen LogP contribution is 2.09. The summed E-state index contributed by atoms with van der Waals surface area (Å²) >= 11 is 0. The molecule has 0 atom stereocenters. The molecule has 2 nitrogen and oxygen atoms in total. The highest BCUT2D eigenvalue weighted by Gasteiger charge is 2.17. The predicted molar refractivity (Wildman–Crippen MR) is 40.3 cm³/mol. The first kappa shape index (κ1) is 8.24. The molecule has 10 heavy (non-hydrogen) atoms. The fourth-order valence-electron chi connectivity index (χ4n) is 0.805. The van der Waals surface area contributed by atoms with Gasteiger partial charge in [0, 0.05) is 22.8 Å². The van der Waals surface area contributed by atoms with Crippen LogP contribution in [-0.2, 0) is 9.47 Å². The molecule has 1 saturated heterocycles. The number of ether oxygens (including phenoxy) is 2. The summed E-state index contributed by atoms with van der Waals surface area (Å²) in [5, 5.41) is 0. The van der Waals surface area contributed by atoms with Crippen molar-refractivity contribution in [2.75, 3.05) is 26.4 Å². The van der Waals surface area contributed by atoms with Crippen molar-refractivity contribution >= 4 is 10.2 Å². The van der Waals surface area contributed by atoms with Crippen molar-refractivity contribution in [2.24, 2.45) is 5.92 Å². The van der Waals surface area contributed by atoms with Crippen LogP contribution in [0.1, 0.15) is 6.42 Å². The van der Waals surface area contributed by atoms with Gasteiger partial charge >= 0.3 is 0 Å². The molecule has 0 spiro atoms. The van der Waals surface area contributed by atoms with Crippen molar-refractivity contribution in [2.45, 2.75) is 12.5 Å². The van der Waals surface area contributed by atoms with Crippen molar-refractivity contribution in [1.82, 2.24) is 0 Å². The van der Waals surface area contributed by atoms with Gasteiger partial charge in [-0.15, -0.1) is 0 Å². The SMILES string of the molecule is [Si]CCCOCC1COC1. The Morgan fingerprint density at radius 3 is 2.80 bits per heavy atom. The summed E-state index contributed by atoms with van der Waals surface area (Å²) in [4.78, 5) is 0. The van der Waals surface area contributed by atoms with Crippen LogP contribution in [0, 0.1) is 5.92 Å². The fourth-order valence-corrected chi connectivity index (χ4v) is 0.949. The molecule has 0 N–H and O–H groups in total. The van der Waals surface area contributed by atoms with Crippen molar-refractivity contribution in [3.8, 4) is 0 Å². The van der Waals surface area contributed by atoms with Crippen molar-refractivity contribution in [3.63, 3.8) is 0 Å². The molecule has 0 unspecified atom stereocenters. The van der Waals surface area contributed by atoms with Gasteiger partial charge < -0.3 is 9.47 Å². The lowest BCUT2D eigenvalue weighted by Gasteiger charge is -2.25. The van der Waals surface area contributed by atoms with Crippen LogP contribution in [0.25, 0.3) is 0 Å². The largest absolute Gasteiger partial charge is 0.381 e. The zero-order valence-corrected chi connectivity index (χ0v) is 7.14. The van der Waals surface area contributed by atoms with Crippen molar-refractivity contribution in [1.29, 1.82) is 0 Å². The van der Waals surface area contributed by atoms with Gasteiger partial charge in [0.15, 0.2) is 0 Å². The molecule has 0 saturated carbocycles. The smallest absolute Gasteiger partial charge is 0.0538 e. The number of hydrogen-bond acceptors (Lipinski definition) is 2. The third-order valence-corrected chi connectivity index (χ3v) is 1.88. The van der Waals surface area contributed by atoms with Gasteiger partial charge in [0.05, 0.1) is 19.8 Å². The molecule has 1 fully saturated rings. The summed E-state index contributed by atoms with van der Waals surface area (Å²) in [5.74, 6) is 0.676. The molecule has 1 aliphatic rings. The molecular weight excluding hydrogens is 144 g/mol. The minimum absolute atomic E-state index is 0.676. The molecule has 0 aromatic carbocycles. The average molecular weight is 157 g/mol. The lowest BCUT2D eigenvalue weighted by Crippen LogP contribution is -2.31. The highest BCUT2D eigenvalue weighted by atomic mass is 28.1. The van der Waals surface area contributed by atoms with E-state index >= 15 is 0 Å². The van der Waals surface area contributed by atoms with Crippen LogP contribution in [0.2, 0.25) is 6.04 Å². The van der Waals surface area contributed by atoms with Gasteiger partial charge in [-0.1, -0.05) is 6.04 Å². The lowest BCUT2D eigenvalue weighted by molar-refractivity contribution is -0.0713. The van der Waals surface area contributed by atoms with Gasteiger partial charge in [0.25, 0.3) is 0 Å². The van der Waals surface area contributed by atoms with Crippen LogP contribution in [0.15, 0.2) is 0 Å². The maximum Gasteiger partial charge on any atom is 0.0538 e. The summed E-state index contributed by atoms with van der Waals surface area (Å²) in [7, 11) is 3.39. The summed E-state index contributed by atoms with van der Waals surface area (Å²) in [6, 6.07) is 1.03. The summed E-state index contributed by atoms with van der Waals surface area (Å²) in [6.07, 6.45) is 1.10. The Labute approximate surface area is 65.3 Å². The van der Waals surface area contributed by atoms with Crippen LogP contribution in [0.3, 0.4) is 0 Å². The van der Waals surface area contributed by atoms with Gasteiger partial charge in [-0.05, 0) is 6.42 Å². The second-order valence-corrected chi connectivity index (χ2v) is 3.08. The predicted octanol–water partition coefficient (Wildman–Crippen LogP) is 0.626. The van der Waals surface area contributed by atoms with Crippen LogP contribution < -0.4 is 0 Å². The third-order valence-electron chi connectivity index (χ3n) is 1.53. The second kappa shape index (κ2) is 4.88. The van der Waals surface area contributed by atoms with Crippen LogP contribution in [0.4, 0.5) is 0 Å². The molecule has 0 aromatic heterocycles. The molecule has 0 amide bonds. The Bertz CT molecular complexity index is 83.7. The molecule has 1 aliphatic heterocycles. The zero-order chi connectivity index (χ0) is 7.23. The van der Waals surface area contributed by atoms with Crippen LogP contribution in [-0.4, -0.2) is 36.7 Å². The van der Waals surface area contributed by atoms with Gasteiger partial charge in [0.2, 0.25) is 0 Å². The monoisotopic (exact) mass is 157 g/mol. The first-order valence-electron chi connectivity index (χ1n) is 3.73. The van der Waals surface area contributed by atoms with E-state index in [9.17, 15) is 0 Å². The summed E-state index contributed by atoms with van der Waals surface area (Å²) in [5.41, 5.74) is 0. The van der Waals surface area contributed by atoms with E-state index in [-0.39, 0.29) is 0 Å². The standard InChI is InChI=1S/C7H13O2Si/c10-3-1-2-8-4-7-5-9-6-7/h7H,1-6H2. The molecule has 1 heterocycles. The van der Waals surface area contributed by atoms with E-state index < -0.39 is 0 Å². The van der Waals surface area contributed by atoms with E-state index in [1.54, 1.807) is 0 Å². The maximum atomic E-state index is 5.37. The third kappa shape index (κ3) is 2.81. The molecule has 0 bridgehead atoms. The highest BCUT2D eigenvalue weighted by molar-refractivity contribution is 6.08. The molecule has 0 aromatic rings. The number of rotatable bonds is 5. The molecule has 1 rings (SSSR count). The average Bonchev–Trinajstić information content (AvgIpc) is 1.84. The molecule has 3 radical (unpaired) electrons. The normalized spacial score (nSPS) is 18.9. The Morgan fingerprint density at radius 1 is 1.50 bits per heavy atom. The first-order chi connectivity index (χ1) is 4.93. The van der Waals surface area contributed by atoms with Crippen molar-refractivity contribution < 1.29 is 9.47 Å². The van der Waals surface area contributed by atoms with E-state index in [1.807, 2.05) is 0 Å². The van der Waals surface area contributed by atoms with E-state index in [0.29, 0.717) is 5.92 Å². The summed E-state index contributed by atoms with van der Waals surface area (Å²) in [6.45, 7) is 3.55. The van der Waals surface area contributed by atoms with E-state index in [1.165, 1.54) is 0 Å². The number of hydrogen-bond donors (Lipinski definition) is 0. The minimum Gasteiger partial charge on any atom is -0.381 e. The topological polar surface area (TPSA) is 18.5 Å². The molecule has 0 aliphatic carbocycles. The van der Waals surface area contributed by atoms with Gasteiger partial charge in [0.1, 0.15) is 0 Å². The Balaban J connectivity index is 1.76. The quantitative estimate of drug-likeness (QED) is 0.430. The first-order valence-corrected chi connectivity index (χ1v) is 4.44. The summed E-state index contributed by atoms with van der Waals surface area (Å²) < 4.78 is 10.4. The minimum atomic E-state index is 0.676. The lowest BCUT2D eigenvalue weighted by atomic mass is 10.1. The zero-order valence-electron chi connectivity index (χ0n) is 6.14. The van der Waals surface area contributed by atoms with Crippen molar-refractivity contribution in [3.05, 3.63) is 0 Å². The van der Waals surface area contributed by atoms with Gasteiger partial charge in [-0.2, -0.15) is 0 Å². The van der Waals surface area contributed by atoms with E-state index in [0.717, 1.165) is 38.9 Å². The molecule has 3 heteroatoms. The van der Waals surface area contributed by atoms with Crippen LogP contribution in [0.5, 0.6) is 0 Å². The second-order valence-electron chi connectivity index (χ2n) is 2.58.